The lowest BCUT2D eigenvalue weighted by atomic mass is 9.83. The second-order valence-corrected chi connectivity index (χ2v) is 6.97. The van der Waals surface area contributed by atoms with Gasteiger partial charge in [0.25, 0.3) is 0 Å². The molecule has 0 aliphatic heterocycles. The Morgan fingerprint density at radius 1 is 1.17 bits per heavy atom. The fraction of sp³-hybridized carbons (Fsp3) is 0.765. The number of hydrogen-bond donors (Lipinski definition) is 1. The highest BCUT2D eigenvalue weighted by Gasteiger charge is 2.49. The van der Waals surface area contributed by atoms with Crippen LogP contribution in [0.1, 0.15) is 33.6 Å². The van der Waals surface area contributed by atoms with Gasteiger partial charge in [0, 0.05) is 5.92 Å². The molecule has 2 aliphatic carbocycles. The molecular weight excluding hydrogens is 300 g/mol. The monoisotopic (exact) mass is 326 g/mol. The number of esters is 2. The maximum Gasteiger partial charge on any atom is 0.311 e. The Bertz CT molecular complexity index is 470. The zero-order valence-electron chi connectivity index (χ0n) is 14.0. The maximum atomic E-state index is 12.3. The second kappa shape index (κ2) is 7.45. The van der Waals surface area contributed by atoms with E-state index < -0.39 is 5.41 Å². The number of carbonyl (C=O) groups is 2. The van der Waals surface area contributed by atoms with E-state index in [0.29, 0.717) is 6.42 Å². The molecule has 2 rings (SSSR count). The van der Waals surface area contributed by atoms with Gasteiger partial charge in [-0.3, -0.25) is 14.8 Å². The van der Waals surface area contributed by atoms with Gasteiger partial charge in [0.2, 0.25) is 0 Å². The molecule has 0 heterocycles. The first-order chi connectivity index (χ1) is 10.9. The summed E-state index contributed by atoms with van der Waals surface area (Å²) in [6.45, 7) is 5.81. The Morgan fingerprint density at radius 3 is 2.48 bits per heavy atom. The van der Waals surface area contributed by atoms with Crippen molar-refractivity contribution >= 4 is 11.9 Å². The average molecular weight is 326 g/mol. The summed E-state index contributed by atoms with van der Waals surface area (Å²) in [5, 5.41) is 8.70. The van der Waals surface area contributed by atoms with Gasteiger partial charge < -0.3 is 9.47 Å². The van der Waals surface area contributed by atoms with Crippen LogP contribution in [0.15, 0.2) is 12.2 Å². The average Bonchev–Trinajstić information content (AvgIpc) is 3.12. The highest BCUT2D eigenvalue weighted by atomic mass is 17.1. The molecule has 6 heteroatoms. The van der Waals surface area contributed by atoms with Crippen LogP contribution in [-0.4, -0.2) is 37.0 Å². The zero-order valence-corrected chi connectivity index (χ0v) is 14.0. The van der Waals surface area contributed by atoms with Gasteiger partial charge in [0.05, 0.1) is 17.9 Å². The number of carbonyl (C=O) groups excluding carboxylic acids is 2. The normalized spacial score (nSPS) is 28.9. The summed E-state index contributed by atoms with van der Waals surface area (Å²) in [7, 11) is 0. The number of allylic oxidation sites excluding steroid dienone is 2. The van der Waals surface area contributed by atoms with Crippen molar-refractivity contribution in [1.29, 1.82) is 0 Å². The van der Waals surface area contributed by atoms with Gasteiger partial charge in [0.1, 0.15) is 13.2 Å². The summed E-state index contributed by atoms with van der Waals surface area (Å²) in [4.78, 5) is 28.4. The highest BCUT2D eigenvalue weighted by Crippen LogP contribution is 2.48. The van der Waals surface area contributed by atoms with E-state index in [1.807, 2.05) is 26.8 Å². The summed E-state index contributed by atoms with van der Waals surface area (Å²) < 4.78 is 10.4. The van der Waals surface area contributed by atoms with Crippen molar-refractivity contribution in [2.45, 2.75) is 33.6 Å². The van der Waals surface area contributed by atoms with Crippen LogP contribution in [-0.2, 0) is 24.0 Å². The van der Waals surface area contributed by atoms with E-state index in [1.54, 1.807) is 0 Å². The lowest BCUT2D eigenvalue weighted by Gasteiger charge is -2.25. The summed E-state index contributed by atoms with van der Waals surface area (Å²) in [5.41, 5.74) is -0.525. The van der Waals surface area contributed by atoms with Gasteiger partial charge in [-0.05, 0) is 38.5 Å². The van der Waals surface area contributed by atoms with E-state index in [0.717, 1.165) is 6.42 Å². The second-order valence-electron chi connectivity index (χ2n) is 6.97. The van der Waals surface area contributed by atoms with Gasteiger partial charge in [-0.15, -0.1) is 0 Å². The van der Waals surface area contributed by atoms with E-state index in [-0.39, 0.29) is 55.4 Å². The Hall–Kier alpha value is -1.40. The molecule has 0 aromatic heterocycles. The quantitative estimate of drug-likeness (QED) is 0.242. The van der Waals surface area contributed by atoms with Crippen molar-refractivity contribution < 1.29 is 29.2 Å². The van der Waals surface area contributed by atoms with Gasteiger partial charge in [0.15, 0.2) is 0 Å². The van der Waals surface area contributed by atoms with Crippen LogP contribution >= 0.6 is 0 Å². The van der Waals surface area contributed by atoms with Crippen LogP contribution in [0.2, 0.25) is 0 Å². The van der Waals surface area contributed by atoms with Crippen LogP contribution in [0.5, 0.6) is 0 Å². The van der Waals surface area contributed by atoms with Crippen molar-refractivity contribution in [3.05, 3.63) is 12.2 Å². The van der Waals surface area contributed by atoms with E-state index in [4.69, 9.17) is 14.7 Å². The lowest BCUT2D eigenvalue weighted by Crippen LogP contribution is -2.33. The molecule has 4 atom stereocenters. The molecule has 0 radical (unpaired) electrons. The van der Waals surface area contributed by atoms with Gasteiger partial charge in [-0.1, -0.05) is 19.1 Å². The molecule has 2 aliphatic rings. The smallest absolute Gasteiger partial charge is 0.311 e. The molecule has 0 spiro atoms. The predicted molar refractivity (Wildman–Crippen MR) is 82.3 cm³/mol. The molecular formula is C17H26O6. The number of fused-ring (bicyclic) bond motifs is 2. The first kappa shape index (κ1) is 17.9. The van der Waals surface area contributed by atoms with Crippen molar-refractivity contribution in [2.24, 2.45) is 29.1 Å². The van der Waals surface area contributed by atoms with Gasteiger partial charge in [-0.2, -0.15) is 0 Å². The minimum Gasteiger partial charge on any atom is -0.462 e. The molecule has 0 amide bonds. The van der Waals surface area contributed by atoms with Crippen LogP contribution in [0.4, 0.5) is 0 Å². The third-order valence-electron chi connectivity index (χ3n) is 5.16. The Morgan fingerprint density at radius 2 is 1.83 bits per heavy atom. The van der Waals surface area contributed by atoms with Crippen molar-refractivity contribution in [3.63, 3.8) is 0 Å². The maximum absolute atomic E-state index is 12.3. The summed E-state index contributed by atoms with van der Waals surface area (Å²) >= 11 is 0. The van der Waals surface area contributed by atoms with Crippen molar-refractivity contribution in [1.82, 2.24) is 0 Å². The number of ether oxygens (including phenoxy) is 2. The predicted octanol–water partition coefficient (Wildman–Crippen LogP) is 2.44. The van der Waals surface area contributed by atoms with Crippen LogP contribution in [0, 0.1) is 29.1 Å². The molecule has 0 aromatic rings. The summed E-state index contributed by atoms with van der Waals surface area (Å²) in [6.07, 6.45) is 5.69. The van der Waals surface area contributed by atoms with Crippen molar-refractivity contribution in [3.8, 4) is 0 Å². The lowest BCUT2D eigenvalue weighted by molar-refractivity contribution is -0.255. The molecule has 4 unspecified atom stereocenters. The minimum atomic E-state index is -0.525. The van der Waals surface area contributed by atoms with Crippen LogP contribution < -0.4 is 0 Å². The van der Waals surface area contributed by atoms with Gasteiger partial charge >= 0.3 is 11.9 Å². The molecule has 1 fully saturated rings. The fourth-order valence-corrected chi connectivity index (χ4v) is 3.30. The highest BCUT2D eigenvalue weighted by molar-refractivity contribution is 5.76. The third kappa shape index (κ3) is 3.93. The minimum absolute atomic E-state index is 0.0503. The van der Waals surface area contributed by atoms with Gasteiger partial charge in [-0.25, -0.2) is 4.89 Å². The molecule has 23 heavy (non-hydrogen) atoms. The molecule has 130 valence electrons. The Kier molecular flexibility index (Phi) is 5.81. The molecule has 2 bridgehead atoms. The van der Waals surface area contributed by atoms with Crippen LogP contribution in [0.3, 0.4) is 0 Å². The number of hydrogen-bond acceptors (Lipinski definition) is 6. The molecule has 0 saturated heterocycles. The molecule has 1 N–H and O–H groups in total. The standard InChI is InChI=1S/C17H26O6/c1-4-17(2,3)16(19)22-8-7-21-15(18)14-12-6-5-11(9-12)13(14)10-23-20/h5-6,11-14,20H,4,7-10H2,1-3H3. The molecule has 1 saturated carbocycles. The fourth-order valence-electron chi connectivity index (χ4n) is 3.30. The summed E-state index contributed by atoms with van der Waals surface area (Å²) in [6, 6.07) is 0. The van der Waals surface area contributed by atoms with E-state index in [9.17, 15) is 9.59 Å². The van der Waals surface area contributed by atoms with E-state index in [2.05, 4.69) is 11.0 Å². The van der Waals surface area contributed by atoms with E-state index >= 15 is 0 Å². The largest absolute Gasteiger partial charge is 0.462 e. The molecule has 0 aromatic carbocycles. The summed E-state index contributed by atoms with van der Waals surface area (Å²) in [5.74, 6) is -0.536. The third-order valence-corrected chi connectivity index (χ3v) is 5.16. The Labute approximate surface area is 136 Å². The first-order valence-corrected chi connectivity index (χ1v) is 8.19. The Balaban J connectivity index is 1.77. The number of rotatable bonds is 8. The first-order valence-electron chi connectivity index (χ1n) is 8.19. The van der Waals surface area contributed by atoms with E-state index in [1.165, 1.54) is 0 Å². The van der Waals surface area contributed by atoms with Crippen molar-refractivity contribution in [2.75, 3.05) is 19.8 Å². The zero-order chi connectivity index (χ0) is 17.0. The van der Waals surface area contributed by atoms with Crippen LogP contribution in [0.25, 0.3) is 0 Å². The SMILES string of the molecule is CCC(C)(C)C(=O)OCCOC(=O)C1C2C=CC(C2)C1COO. The molecule has 6 nitrogen and oxygen atoms in total. The topological polar surface area (TPSA) is 82.1 Å².